The monoisotopic (exact) mass is 159 g/mol. The fourth-order valence-corrected chi connectivity index (χ4v) is 0.790. The molecule has 0 saturated heterocycles. The fourth-order valence-electron chi connectivity index (χ4n) is 0.586. The minimum absolute atomic E-state index is 0.148. The third-order valence-corrected chi connectivity index (χ3v) is 1.55. The summed E-state index contributed by atoms with van der Waals surface area (Å²) in [5.74, 6) is -0.148. The second-order valence-electron chi connectivity index (χ2n) is 1.96. The highest BCUT2D eigenvalue weighted by atomic mass is 35.5. The average Bonchev–Trinajstić information content (AvgIpc) is 1.93. The van der Waals surface area contributed by atoms with Crippen LogP contribution in [0.4, 0.5) is 0 Å². The van der Waals surface area contributed by atoms with Crippen molar-refractivity contribution >= 4 is 11.6 Å². The highest BCUT2D eigenvalue weighted by molar-refractivity contribution is 6.31. The molecule has 0 unspecified atom stereocenters. The molecule has 0 aliphatic carbocycles. The number of pyridine rings is 1. The van der Waals surface area contributed by atoms with Crippen molar-refractivity contribution in [1.29, 1.82) is 0 Å². The van der Waals surface area contributed by atoms with Gasteiger partial charge in [-0.05, 0) is 6.92 Å². The van der Waals surface area contributed by atoms with Crippen molar-refractivity contribution in [3.8, 4) is 5.75 Å². The van der Waals surface area contributed by atoms with Crippen LogP contribution in [0.2, 0.25) is 5.02 Å². The maximum absolute atomic E-state index is 10.6. The van der Waals surface area contributed by atoms with Crippen molar-refractivity contribution in [2.24, 2.45) is 0 Å². The van der Waals surface area contributed by atoms with Crippen LogP contribution < -0.4 is 5.56 Å². The van der Waals surface area contributed by atoms with Gasteiger partial charge in [-0.15, -0.1) is 0 Å². The van der Waals surface area contributed by atoms with Gasteiger partial charge in [-0.1, -0.05) is 11.6 Å². The summed E-state index contributed by atoms with van der Waals surface area (Å²) in [4.78, 5) is 13.0. The number of aromatic amines is 1. The summed E-state index contributed by atoms with van der Waals surface area (Å²) < 4.78 is 0. The molecule has 0 aliphatic rings. The molecule has 54 valence electrons. The van der Waals surface area contributed by atoms with E-state index in [0.717, 1.165) is 0 Å². The standard InChI is InChI=1S/C6H6ClNO2/c1-3-2-8-6(10)4(7)5(3)9/h2H,1H3,(H2,8,9,10). The minimum Gasteiger partial charge on any atom is -0.506 e. The Morgan fingerprint density at radius 3 is 2.80 bits per heavy atom. The highest BCUT2D eigenvalue weighted by Gasteiger charge is 2.04. The van der Waals surface area contributed by atoms with Crippen molar-refractivity contribution in [2.45, 2.75) is 6.92 Å². The molecule has 0 saturated carbocycles. The Hall–Kier alpha value is -0.960. The molecule has 0 fully saturated rings. The summed E-state index contributed by atoms with van der Waals surface area (Å²) in [5.41, 5.74) is 0.0920. The molecule has 1 aromatic heterocycles. The summed E-state index contributed by atoms with van der Waals surface area (Å²) in [6.07, 6.45) is 1.41. The predicted octanol–water partition coefficient (Wildman–Crippen LogP) is 1.04. The van der Waals surface area contributed by atoms with Gasteiger partial charge in [-0.2, -0.15) is 0 Å². The molecule has 0 atom stereocenters. The molecule has 0 amide bonds. The minimum atomic E-state index is -0.468. The average molecular weight is 160 g/mol. The summed E-state index contributed by atoms with van der Waals surface area (Å²) in [6, 6.07) is 0. The van der Waals surface area contributed by atoms with Crippen molar-refractivity contribution in [3.63, 3.8) is 0 Å². The third-order valence-electron chi connectivity index (χ3n) is 1.20. The number of aromatic hydroxyl groups is 1. The number of nitrogens with one attached hydrogen (secondary N) is 1. The number of aryl methyl sites for hydroxylation is 1. The van der Waals surface area contributed by atoms with Gasteiger partial charge in [0.1, 0.15) is 10.8 Å². The number of aromatic nitrogens is 1. The van der Waals surface area contributed by atoms with Crippen LogP contribution in [0.15, 0.2) is 11.0 Å². The van der Waals surface area contributed by atoms with Gasteiger partial charge in [0.15, 0.2) is 0 Å². The lowest BCUT2D eigenvalue weighted by Crippen LogP contribution is -2.05. The van der Waals surface area contributed by atoms with Crippen LogP contribution in [0.3, 0.4) is 0 Å². The number of rotatable bonds is 0. The molecular weight excluding hydrogens is 154 g/mol. The van der Waals surface area contributed by atoms with E-state index in [2.05, 4.69) is 4.98 Å². The van der Waals surface area contributed by atoms with E-state index in [-0.39, 0.29) is 10.8 Å². The van der Waals surface area contributed by atoms with Gasteiger partial charge >= 0.3 is 0 Å². The van der Waals surface area contributed by atoms with E-state index in [1.807, 2.05) is 0 Å². The lowest BCUT2D eigenvalue weighted by molar-refractivity contribution is 0.469. The first-order valence-electron chi connectivity index (χ1n) is 2.69. The quantitative estimate of drug-likeness (QED) is 0.595. The Kier molecular flexibility index (Phi) is 1.68. The van der Waals surface area contributed by atoms with Crippen LogP contribution in [0.5, 0.6) is 5.75 Å². The number of hydrogen-bond acceptors (Lipinski definition) is 2. The molecule has 1 aromatic rings. The smallest absolute Gasteiger partial charge is 0.270 e. The molecule has 0 spiro atoms. The van der Waals surface area contributed by atoms with E-state index < -0.39 is 5.56 Å². The lowest BCUT2D eigenvalue weighted by Gasteiger charge is -1.96. The van der Waals surface area contributed by atoms with Crippen LogP contribution in [0, 0.1) is 6.92 Å². The van der Waals surface area contributed by atoms with Gasteiger partial charge in [0.2, 0.25) is 0 Å². The molecule has 0 aromatic carbocycles. The van der Waals surface area contributed by atoms with Crippen molar-refractivity contribution in [3.05, 3.63) is 27.1 Å². The number of H-pyrrole nitrogens is 1. The zero-order valence-corrected chi connectivity index (χ0v) is 6.07. The van der Waals surface area contributed by atoms with Crippen molar-refractivity contribution in [2.75, 3.05) is 0 Å². The van der Waals surface area contributed by atoms with Crippen LogP contribution in [0.25, 0.3) is 0 Å². The third kappa shape index (κ3) is 0.998. The molecule has 0 radical (unpaired) electrons. The van der Waals surface area contributed by atoms with E-state index in [1.54, 1.807) is 6.92 Å². The van der Waals surface area contributed by atoms with Crippen molar-refractivity contribution < 1.29 is 5.11 Å². The molecule has 4 heteroatoms. The molecule has 1 heterocycles. The van der Waals surface area contributed by atoms with Crippen LogP contribution in [-0.2, 0) is 0 Å². The summed E-state index contributed by atoms with van der Waals surface area (Å²) in [7, 11) is 0. The van der Waals surface area contributed by atoms with E-state index in [9.17, 15) is 4.79 Å². The predicted molar refractivity (Wildman–Crippen MR) is 38.5 cm³/mol. The summed E-state index contributed by atoms with van der Waals surface area (Å²) >= 11 is 5.39. The second-order valence-corrected chi connectivity index (χ2v) is 2.34. The van der Waals surface area contributed by atoms with Gasteiger partial charge in [0.25, 0.3) is 5.56 Å². The summed E-state index contributed by atoms with van der Waals surface area (Å²) in [6.45, 7) is 1.65. The Labute approximate surface area is 62.3 Å². The zero-order valence-electron chi connectivity index (χ0n) is 5.31. The van der Waals surface area contributed by atoms with Crippen LogP contribution in [-0.4, -0.2) is 10.1 Å². The summed E-state index contributed by atoms with van der Waals surface area (Å²) in [5, 5.41) is 8.88. The maximum atomic E-state index is 10.6. The second kappa shape index (κ2) is 2.34. The Morgan fingerprint density at radius 1 is 1.70 bits per heavy atom. The van der Waals surface area contributed by atoms with E-state index in [4.69, 9.17) is 16.7 Å². The molecule has 0 bridgehead atoms. The van der Waals surface area contributed by atoms with Gasteiger partial charge < -0.3 is 10.1 Å². The first-order valence-corrected chi connectivity index (χ1v) is 3.07. The van der Waals surface area contributed by atoms with Crippen LogP contribution >= 0.6 is 11.6 Å². The molecule has 10 heavy (non-hydrogen) atoms. The van der Waals surface area contributed by atoms with Crippen molar-refractivity contribution in [1.82, 2.24) is 4.98 Å². The first kappa shape index (κ1) is 7.15. The fraction of sp³-hybridized carbons (Fsp3) is 0.167. The van der Waals surface area contributed by atoms with E-state index in [0.29, 0.717) is 5.56 Å². The SMILES string of the molecule is Cc1c[nH]c(=O)c(Cl)c1O. The molecule has 3 nitrogen and oxygen atoms in total. The Balaban J connectivity index is 3.49. The van der Waals surface area contributed by atoms with Gasteiger partial charge in [0, 0.05) is 11.8 Å². The maximum Gasteiger partial charge on any atom is 0.270 e. The molecule has 1 rings (SSSR count). The molecule has 2 N–H and O–H groups in total. The largest absolute Gasteiger partial charge is 0.506 e. The highest BCUT2D eigenvalue weighted by Crippen LogP contribution is 2.20. The van der Waals surface area contributed by atoms with Crippen LogP contribution in [0.1, 0.15) is 5.56 Å². The Morgan fingerprint density at radius 2 is 2.30 bits per heavy atom. The number of hydrogen-bond donors (Lipinski definition) is 2. The normalized spacial score (nSPS) is 9.80. The van der Waals surface area contributed by atoms with E-state index >= 15 is 0 Å². The van der Waals surface area contributed by atoms with Gasteiger partial charge in [-0.3, -0.25) is 4.79 Å². The van der Waals surface area contributed by atoms with E-state index in [1.165, 1.54) is 6.20 Å². The topological polar surface area (TPSA) is 53.1 Å². The van der Waals surface area contributed by atoms with Gasteiger partial charge in [0.05, 0.1) is 0 Å². The molecular formula is C6H6ClNO2. The zero-order chi connectivity index (χ0) is 7.72. The lowest BCUT2D eigenvalue weighted by atomic mass is 10.3. The number of halogens is 1. The van der Waals surface area contributed by atoms with Gasteiger partial charge in [-0.25, -0.2) is 0 Å². The Bertz CT molecular complexity index is 305. The molecule has 0 aliphatic heterocycles. The first-order chi connectivity index (χ1) is 4.63.